The normalized spacial score (nSPS) is 11.7. The monoisotopic (exact) mass is 221 g/mol. The Labute approximate surface area is 84.7 Å². The molecule has 0 saturated carbocycles. The molecule has 5 heteroatoms. The van der Waals surface area contributed by atoms with Crippen LogP contribution in [-0.4, -0.2) is 10.7 Å². The number of pyridine rings is 1. The summed E-state index contributed by atoms with van der Waals surface area (Å²) in [4.78, 5) is 4.13. The summed E-state index contributed by atoms with van der Waals surface area (Å²) >= 11 is 1.51. The first-order valence-corrected chi connectivity index (χ1v) is 5.18. The second kappa shape index (κ2) is 4.68. The number of halogens is 3. The van der Waals surface area contributed by atoms with Crippen molar-refractivity contribution in [2.45, 2.75) is 24.4 Å². The lowest BCUT2D eigenvalue weighted by molar-refractivity contribution is -0.141. The molecule has 0 saturated heterocycles. The number of hydrogen-bond donors (Lipinski definition) is 0. The van der Waals surface area contributed by atoms with Crippen LogP contribution in [0.4, 0.5) is 13.2 Å². The van der Waals surface area contributed by atoms with Crippen LogP contribution in [0.5, 0.6) is 0 Å². The largest absolute Gasteiger partial charge is 0.433 e. The SMILES string of the molecule is CCCSc1ccc(C(F)(F)F)nc1. The zero-order chi connectivity index (χ0) is 10.6. The molecule has 0 aliphatic heterocycles. The number of nitrogens with zero attached hydrogens (tertiary/aromatic N) is 1. The zero-order valence-corrected chi connectivity index (χ0v) is 8.45. The Kier molecular flexibility index (Phi) is 3.80. The van der Waals surface area contributed by atoms with Gasteiger partial charge in [-0.25, -0.2) is 0 Å². The van der Waals surface area contributed by atoms with Crippen LogP contribution in [-0.2, 0) is 6.18 Å². The van der Waals surface area contributed by atoms with Crippen molar-refractivity contribution in [3.63, 3.8) is 0 Å². The number of aromatic nitrogens is 1. The van der Waals surface area contributed by atoms with Crippen molar-refractivity contribution in [3.8, 4) is 0 Å². The molecule has 1 nitrogen and oxygen atoms in total. The summed E-state index contributed by atoms with van der Waals surface area (Å²) in [6.07, 6.45) is -2.08. The predicted octanol–water partition coefficient (Wildman–Crippen LogP) is 3.60. The summed E-state index contributed by atoms with van der Waals surface area (Å²) in [6, 6.07) is 2.47. The highest BCUT2D eigenvalue weighted by atomic mass is 32.2. The fourth-order valence-electron chi connectivity index (χ4n) is 0.853. The van der Waals surface area contributed by atoms with E-state index in [1.165, 1.54) is 24.0 Å². The van der Waals surface area contributed by atoms with Crippen molar-refractivity contribution >= 4 is 11.8 Å². The van der Waals surface area contributed by atoms with Gasteiger partial charge in [0.2, 0.25) is 0 Å². The maximum atomic E-state index is 12.1. The number of thioether (sulfide) groups is 1. The van der Waals surface area contributed by atoms with Crippen molar-refractivity contribution in [3.05, 3.63) is 24.0 Å². The molecule has 0 N–H and O–H groups in total. The molecule has 1 aromatic heterocycles. The van der Waals surface area contributed by atoms with Crippen LogP contribution >= 0.6 is 11.8 Å². The van der Waals surface area contributed by atoms with E-state index in [9.17, 15) is 13.2 Å². The van der Waals surface area contributed by atoms with Gasteiger partial charge in [-0.1, -0.05) is 6.92 Å². The molecule has 0 aliphatic carbocycles. The van der Waals surface area contributed by atoms with E-state index >= 15 is 0 Å². The van der Waals surface area contributed by atoms with E-state index < -0.39 is 11.9 Å². The van der Waals surface area contributed by atoms with Gasteiger partial charge >= 0.3 is 6.18 Å². The van der Waals surface area contributed by atoms with E-state index in [-0.39, 0.29) is 0 Å². The Morgan fingerprint density at radius 3 is 2.50 bits per heavy atom. The molecule has 0 aliphatic rings. The van der Waals surface area contributed by atoms with E-state index in [1.54, 1.807) is 0 Å². The van der Waals surface area contributed by atoms with Gasteiger partial charge in [-0.15, -0.1) is 11.8 Å². The third-order valence-corrected chi connectivity index (χ3v) is 2.69. The molecule has 0 aromatic carbocycles. The lowest BCUT2D eigenvalue weighted by Crippen LogP contribution is -2.07. The zero-order valence-electron chi connectivity index (χ0n) is 7.64. The minimum absolute atomic E-state index is 0.778. The van der Waals surface area contributed by atoms with Gasteiger partial charge in [-0.2, -0.15) is 13.2 Å². The minimum Gasteiger partial charge on any atom is -0.251 e. The molecule has 78 valence electrons. The summed E-state index contributed by atoms with van der Waals surface area (Å²) < 4.78 is 36.3. The van der Waals surface area contributed by atoms with E-state index in [2.05, 4.69) is 4.98 Å². The van der Waals surface area contributed by atoms with Crippen molar-refractivity contribution in [2.75, 3.05) is 5.75 Å². The highest BCUT2D eigenvalue weighted by molar-refractivity contribution is 7.99. The Balaban J connectivity index is 2.69. The van der Waals surface area contributed by atoms with Gasteiger partial charge in [0.15, 0.2) is 0 Å². The van der Waals surface area contributed by atoms with Crippen LogP contribution in [0.25, 0.3) is 0 Å². The fraction of sp³-hybridized carbons (Fsp3) is 0.444. The van der Waals surface area contributed by atoms with Gasteiger partial charge in [0.05, 0.1) is 0 Å². The molecule has 0 bridgehead atoms. The number of rotatable bonds is 3. The van der Waals surface area contributed by atoms with Crippen LogP contribution in [0.3, 0.4) is 0 Å². The maximum absolute atomic E-state index is 12.1. The number of hydrogen-bond acceptors (Lipinski definition) is 2. The third kappa shape index (κ3) is 3.21. The van der Waals surface area contributed by atoms with Gasteiger partial charge in [0, 0.05) is 11.1 Å². The lowest BCUT2D eigenvalue weighted by atomic mass is 10.3. The molecule has 0 spiro atoms. The first-order chi connectivity index (χ1) is 6.54. The lowest BCUT2D eigenvalue weighted by Gasteiger charge is -2.05. The predicted molar refractivity (Wildman–Crippen MR) is 50.3 cm³/mol. The smallest absolute Gasteiger partial charge is 0.251 e. The van der Waals surface area contributed by atoms with E-state index in [0.717, 1.165) is 23.1 Å². The first-order valence-electron chi connectivity index (χ1n) is 4.20. The molecule has 1 aromatic rings. The first kappa shape index (κ1) is 11.4. The van der Waals surface area contributed by atoms with Gasteiger partial charge in [-0.3, -0.25) is 4.98 Å². The van der Waals surface area contributed by atoms with E-state index in [1.807, 2.05) is 6.92 Å². The van der Waals surface area contributed by atoms with Crippen LogP contribution < -0.4 is 0 Å². The molecule has 0 fully saturated rings. The molecular weight excluding hydrogens is 211 g/mol. The van der Waals surface area contributed by atoms with Crippen molar-refractivity contribution in [1.82, 2.24) is 4.98 Å². The molecule has 0 radical (unpaired) electrons. The molecule has 0 atom stereocenters. The summed E-state index contributed by atoms with van der Waals surface area (Å²) in [5, 5.41) is 0. The standard InChI is InChI=1S/C9H10F3NS/c1-2-5-14-7-3-4-8(13-6-7)9(10,11)12/h3-4,6H,2,5H2,1H3. The summed E-state index contributed by atoms with van der Waals surface area (Å²) in [5.41, 5.74) is -0.835. The van der Waals surface area contributed by atoms with Gasteiger partial charge in [0.1, 0.15) is 5.69 Å². The Morgan fingerprint density at radius 2 is 2.07 bits per heavy atom. The van der Waals surface area contributed by atoms with E-state index in [0.29, 0.717) is 0 Å². The second-order valence-corrected chi connectivity index (χ2v) is 3.89. The summed E-state index contributed by atoms with van der Waals surface area (Å²) in [5.74, 6) is 0.896. The second-order valence-electron chi connectivity index (χ2n) is 2.73. The Bertz CT molecular complexity index is 281. The number of alkyl halides is 3. The Morgan fingerprint density at radius 1 is 1.36 bits per heavy atom. The average molecular weight is 221 g/mol. The minimum atomic E-state index is -4.34. The molecule has 0 amide bonds. The fourth-order valence-corrected chi connectivity index (χ4v) is 1.58. The van der Waals surface area contributed by atoms with Gasteiger partial charge in [0.25, 0.3) is 0 Å². The average Bonchev–Trinajstić information content (AvgIpc) is 2.14. The van der Waals surface area contributed by atoms with Crippen LogP contribution in [0.2, 0.25) is 0 Å². The molecule has 0 unspecified atom stereocenters. The molecule has 1 heterocycles. The van der Waals surface area contributed by atoms with Gasteiger partial charge in [-0.05, 0) is 24.3 Å². The molecule has 14 heavy (non-hydrogen) atoms. The highest BCUT2D eigenvalue weighted by Crippen LogP contribution is 2.28. The third-order valence-electron chi connectivity index (χ3n) is 1.50. The topological polar surface area (TPSA) is 12.9 Å². The highest BCUT2D eigenvalue weighted by Gasteiger charge is 2.31. The van der Waals surface area contributed by atoms with Crippen LogP contribution in [0.1, 0.15) is 19.0 Å². The van der Waals surface area contributed by atoms with Crippen molar-refractivity contribution in [2.24, 2.45) is 0 Å². The quantitative estimate of drug-likeness (QED) is 0.723. The Hall–Kier alpha value is -0.710. The molecular formula is C9H10F3NS. The van der Waals surface area contributed by atoms with Crippen LogP contribution in [0, 0.1) is 0 Å². The summed E-state index contributed by atoms with van der Waals surface area (Å²) in [6.45, 7) is 2.02. The van der Waals surface area contributed by atoms with Crippen molar-refractivity contribution < 1.29 is 13.2 Å². The van der Waals surface area contributed by atoms with Crippen LogP contribution in [0.15, 0.2) is 23.2 Å². The maximum Gasteiger partial charge on any atom is 0.433 e. The molecule has 1 rings (SSSR count). The van der Waals surface area contributed by atoms with E-state index in [4.69, 9.17) is 0 Å². The summed E-state index contributed by atoms with van der Waals surface area (Å²) in [7, 11) is 0. The van der Waals surface area contributed by atoms with Crippen molar-refractivity contribution in [1.29, 1.82) is 0 Å². The van der Waals surface area contributed by atoms with Gasteiger partial charge < -0.3 is 0 Å².